The fourth-order valence-corrected chi connectivity index (χ4v) is 2.91. The average Bonchev–Trinajstić information content (AvgIpc) is 3.13. The number of carbonyl (C=O) groups excluding carboxylic acids is 2. The van der Waals surface area contributed by atoms with Crippen molar-refractivity contribution < 1.29 is 31.6 Å². The highest BCUT2D eigenvalue weighted by Crippen LogP contribution is 2.12. The lowest BCUT2D eigenvalue weighted by Gasteiger charge is -2.12. The molecule has 140 valence electrons. The Morgan fingerprint density at radius 3 is 2.54 bits per heavy atom. The van der Waals surface area contributed by atoms with E-state index < -0.39 is 46.9 Å². The number of amides is 1. The first-order valence-corrected chi connectivity index (χ1v) is 9.00. The van der Waals surface area contributed by atoms with E-state index in [2.05, 4.69) is 5.32 Å². The smallest absolute Gasteiger partial charge is 0.321 e. The largest absolute Gasteiger partial charge is 0.467 e. The van der Waals surface area contributed by atoms with E-state index in [9.17, 15) is 22.4 Å². The minimum Gasteiger partial charge on any atom is -0.467 e. The van der Waals surface area contributed by atoms with E-state index in [1.54, 1.807) is 19.1 Å². The molecule has 0 radical (unpaired) electrons. The van der Waals surface area contributed by atoms with Crippen LogP contribution in [-0.2, 0) is 24.3 Å². The molecule has 0 aliphatic carbocycles. The summed E-state index contributed by atoms with van der Waals surface area (Å²) in [5.41, 5.74) is 0. The number of hydrogen-bond donors (Lipinski definition) is 2. The van der Waals surface area contributed by atoms with Crippen LogP contribution in [0.5, 0.6) is 0 Å². The molecule has 1 atom stereocenters. The van der Waals surface area contributed by atoms with Crippen LogP contribution in [0.2, 0.25) is 0 Å². The molecule has 1 heterocycles. The molecule has 8 nitrogen and oxygen atoms in total. The van der Waals surface area contributed by atoms with Crippen molar-refractivity contribution in [1.29, 1.82) is 0 Å². The van der Waals surface area contributed by atoms with Crippen LogP contribution < -0.4 is 10.0 Å². The molecule has 2 N–H and O–H groups in total. The van der Waals surface area contributed by atoms with E-state index in [1.807, 2.05) is 4.72 Å². The van der Waals surface area contributed by atoms with Gasteiger partial charge in [-0.3, -0.25) is 9.59 Å². The molecule has 0 fully saturated rings. The Morgan fingerprint density at radius 1 is 1.23 bits per heavy atom. The minimum absolute atomic E-state index is 0.197. The van der Waals surface area contributed by atoms with Crippen molar-refractivity contribution in [1.82, 2.24) is 10.0 Å². The lowest BCUT2D eigenvalue weighted by molar-refractivity contribution is -0.147. The first-order chi connectivity index (χ1) is 12.3. The lowest BCUT2D eigenvalue weighted by Crippen LogP contribution is -2.34. The number of halogens is 1. The van der Waals surface area contributed by atoms with E-state index in [0.717, 1.165) is 24.3 Å². The predicted octanol–water partition coefficient (Wildman–Crippen LogP) is 1.12. The van der Waals surface area contributed by atoms with Crippen molar-refractivity contribution in [2.75, 3.05) is 13.2 Å². The van der Waals surface area contributed by atoms with Crippen LogP contribution >= 0.6 is 0 Å². The Balaban J connectivity index is 1.76. The fourth-order valence-electron chi connectivity index (χ4n) is 1.94. The number of benzene rings is 1. The van der Waals surface area contributed by atoms with Gasteiger partial charge in [-0.05, 0) is 43.3 Å². The summed E-state index contributed by atoms with van der Waals surface area (Å²) in [4.78, 5) is 23.1. The molecule has 26 heavy (non-hydrogen) atoms. The molecular weight excluding hydrogens is 367 g/mol. The Labute approximate surface area is 149 Å². The zero-order valence-corrected chi connectivity index (χ0v) is 14.6. The molecule has 0 saturated heterocycles. The number of nitrogens with one attached hydrogen (secondary N) is 2. The predicted molar refractivity (Wildman–Crippen MR) is 87.8 cm³/mol. The molecule has 10 heteroatoms. The number of ether oxygens (including phenoxy) is 1. The minimum atomic E-state index is -3.99. The maximum atomic E-state index is 12.8. The van der Waals surface area contributed by atoms with Gasteiger partial charge in [0, 0.05) is 0 Å². The van der Waals surface area contributed by atoms with Gasteiger partial charge in [-0.2, -0.15) is 4.72 Å². The maximum Gasteiger partial charge on any atom is 0.321 e. The van der Waals surface area contributed by atoms with Gasteiger partial charge in [0.2, 0.25) is 10.0 Å². The third kappa shape index (κ3) is 5.67. The Hall–Kier alpha value is -2.72. The Kier molecular flexibility index (Phi) is 6.47. The molecule has 0 aliphatic rings. The molecule has 0 unspecified atom stereocenters. The summed E-state index contributed by atoms with van der Waals surface area (Å²) in [5, 5.41) is 2.56. The van der Waals surface area contributed by atoms with Gasteiger partial charge in [-0.1, -0.05) is 0 Å². The summed E-state index contributed by atoms with van der Waals surface area (Å²) in [6.07, 6.45) is 1.46. The number of rotatable bonds is 8. The van der Waals surface area contributed by atoms with E-state index in [4.69, 9.17) is 9.15 Å². The third-order valence-corrected chi connectivity index (χ3v) is 4.66. The standard InChI is InChI=1S/C16H17FN2O6S/c1-11(14-3-2-8-24-14)19-15(20)10-25-16(21)9-18-26(22,23)13-6-4-12(17)5-7-13/h2-8,11,18H,9-10H2,1H3,(H,19,20)/t11-/m1/s1. The summed E-state index contributed by atoms with van der Waals surface area (Å²) < 4.78 is 48.5. The number of hydrogen-bond acceptors (Lipinski definition) is 6. The third-order valence-electron chi connectivity index (χ3n) is 3.24. The van der Waals surface area contributed by atoms with Crippen molar-refractivity contribution in [3.63, 3.8) is 0 Å². The second-order valence-electron chi connectivity index (χ2n) is 5.24. The number of carbonyl (C=O) groups is 2. The SMILES string of the molecule is C[C@@H](NC(=O)COC(=O)CNS(=O)(=O)c1ccc(F)cc1)c1ccco1. The molecule has 0 bridgehead atoms. The second-order valence-corrected chi connectivity index (χ2v) is 7.01. The first-order valence-electron chi connectivity index (χ1n) is 7.51. The van der Waals surface area contributed by atoms with Crippen molar-refractivity contribution in [2.24, 2.45) is 0 Å². The number of furan rings is 1. The highest BCUT2D eigenvalue weighted by Gasteiger charge is 2.17. The van der Waals surface area contributed by atoms with Gasteiger partial charge >= 0.3 is 5.97 Å². The van der Waals surface area contributed by atoms with E-state index >= 15 is 0 Å². The van der Waals surface area contributed by atoms with Crippen LogP contribution in [0, 0.1) is 5.82 Å². The topological polar surface area (TPSA) is 115 Å². The second kappa shape index (κ2) is 8.59. The van der Waals surface area contributed by atoms with Crippen molar-refractivity contribution in [3.8, 4) is 0 Å². The Morgan fingerprint density at radius 2 is 1.92 bits per heavy atom. The van der Waals surface area contributed by atoms with Crippen LogP contribution in [0.4, 0.5) is 4.39 Å². The quantitative estimate of drug-likeness (QED) is 0.659. The fraction of sp³-hybridized carbons (Fsp3) is 0.250. The highest BCUT2D eigenvalue weighted by molar-refractivity contribution is 7.89. The molecule has 0 spiro atoms. The van der Waals surface area contributed by atoms with Crippen LogP contribution in [0.15, 0.2) is 52.0 Å². The van der Waals surface area contributed by atoms with Gasteiger partial charge in [-0.25, -0.2) is 12.8 Å². The summed E-state index contributed by atoms with van der Waals surface area (Å²) in [6.45, 7) is 0.457. The molecule has 1 aromatic carbocycles. The van der Waals surface area contributed by atoms with Gasteiger partial charge in [0.05, 0.1) is 17.2 Å². The summed E-state index contributed by atoms with van der Waals surface area (Å²) in [6, 6.07) is 7.04. The van der Waals surface area contributed by atoms with Gasteiger partial charge in [0.15, 0.2) is 6.61 Å². The maximum absolute atomic E-state index is 12.8. The first kappa shape index (κ1) is 19.6. The normalized spacial score (nSPS) is 12.4. The molecule has 2 rings (SSSR count). The highest BCUT2D eigenvalue weighted by atomic mass is 32.2. The summed E-state index contributed by atoms with van der Waals surface area (Å²) in [7, 11) is -3.99. The van der Waals surface area contributed by atoms with Crippen molar-refractivity contribution in [3.05, 3.63) is 54.2 Å². The monoisotopic (exact) mass is 384 g/mol. The molecular formula is C16H17FN2O6S. The van der Waals surface area contributed by atoms with Crippen molar-refractivity contribution >= 4 is 21.9 Å². The summed E-state index contributed by atoms with van der Waals surface area (Å²) >= 11 is 0. The van der Waals surface area contributed by atoms with Gasteiger partial charge in [0.1, 0.15) is 18.1 Å². The van der Waals surface area contributed by atoms with Crippen LogP contribution in [0.25, 0.3) is 0 Å². The van der Waals surface area contributed by atoms with E-state index in [-0.39, 0.29) is 4.90 Å². The zero-order valence-electron chi connectivity index (χ0n) is 13.8. The number of sulfonamides is 1. The molecule has 0 aliphatic heterocycles. The van der Waals surface area contributed by atoms with Crippen LogP contribution in [-0.4, -0.2) is 33.4 Å². The molecule has 0 saturated carbocycles. The average molecular weight is 384 g/mol. The summed E-state index contributed by atoms with van der Waals surface area (Å²) in [5.74, 6) is -1.55. The van der Waals surface area contributed by atoms with E-state index in [0.29, 0.717) is 5.76 Å². The molecule has 1 amide bonds. The lowest BCUT2D eigenvalue weighted by atomic mass is 10.2. The van der Waals surface area contributed by atoms with Crippen LogP contribution in [0.3, 0.4) is 0 Å². The van der Waals surface area contributed by atoms with Crippen molar-refractivity contribution in [2.45, 2.75) is 17.9 Å². The number of esters is 1. The van der Waals surface area contributed by atoms with Gasteiger partial charge in [0.25, 0.3) is 5.91 Å². The zero-order chi connectivity index (χ0) is 19.2. The van der Waals surface area contributed by atoms with Gasteiger partial charge < -0.3 is 14.5 Å². The van der Waals surface area contributed by atoms with E-state index in [1.165, 1.54) is 6.26 Å². The Bertz CT molecular complexity index is 849. The molecule has 1 aromatic heterocycles. The van der Waals surface area contributed by atoms with Crippen LogP contribution in [0.1, 0.15) is 18.7 Å². The molecule has 2 aromatic rings. The van der Waals surface area contributed by atoms with Gasteiger partial charge in [-0.15, -0.1) is 0 Å².